The van der Waals surface area contributed by atoms with Crippen molar-refractivity contribution in [1.29, 1.82) is 0 Å². The molecule has 0 radical (unpaired) electrons. The van der Waals surface area contributed by atoms with E-state index < -0.39 is 0 Å². The number of hydrogen-bond acceptors (Lipinski definition) is 6. The number of nitrogens with one attached hydrogen (secondary N) is 1. The van der Waals surface area contributed by atoms with E-state index in [-0.39, 0.29) is 17.4 Å². The quantitative estimate of drug-likeness (QED) is 0.238. The van der Waals surface area contributed by atoms with Crippen LogP contribution in [-0.2, 0) is 4.79 Å². The summed E-state index contributed by atoms with van der Waals surface area (Å²) >= 11 is 7.28. The number of phenols is 1. The molecule has 0 aliphatic rings. The maximum atomic E-state index is 12.3. The van der Waals surface area contributed by atoms with Gasteiger partial charge >= 0.3 is 0 Å². The summed E-state index contributed by atoms with van der Waals surface area (Å²) < 4.78 is 1.90. The molecule has 0 unspecified atom stereocenters. The minimum Gasteiger partial charge on any atom is -0.508 e. The SMILES string of the molecule is O=C(CSc1nnc(-c2ccc(Cl)cc2)n1-c1ccccc1)NN=Cc1ccc(O)cc1. The zero-order valence-corrected chi connectivity index (χ0v) is 18.3. The fraction of sp³-hybridized carbons (Fsp3) is 0.0435. The Morgan fingerprint density at radius 2 is 1.75 bits per heavy atom. The van der Waals surface area contributed by atoms with Gasteiger partial charge in [-0.1, -0.05) is 41.6 Å². The number of halogens is 1. The van der Waals surface area contributed by atoms with Crippen molar-refractivity contribution in [1.82, 2.24) is 20.2 Å². The molecule has 0 spiro atoms. The summed E-state index contributed by atoms with van der Waals surface area (Å²) in [6.07, 6.45) is 1.51. The van der Waals surface area contributed by atoms with Crippen molar-refractivity contribution >= 4 is 35.5 Å². The number of hydrazone groups is 1. The first kappa shape index (κ1) is 21.6. The number of aromatic hydroxyl groups is 1. The Kier molecular flexibility index (Phi) is 6.84. The standard InChI is InChI=1S/C23H18ClN5O2S/c24-18-10-8-17(9-11-18)22-27-28-23(29(22)19-4-2-1-3-5-19)32-15-21(31)26-25-14-16-6-12-20(30)13-7-16/h1-14,30H,15H2,(H,26,31). The van der Waals surface area contributed by atoms with E-state index in [0.717, 1.165) is 16.8 Å². The molecule has 32 heavy (non-hydrogen) atoms. The number of carbonyl (C=O) groups excluding carboxylic acids is 1. The number of nitrogens with zero attached hydrogens (tertiary/aromatic N) is 4. The topological polar surface area (TPSA) is 92.4 Å². The van der Waals surface area contributed by atoms with Crippen LogP contribution in [-0.4, -0.2) is 37.7 Å². The van der Waals surface area contributed by atoms with Crippen molar-refractivity contribution in [2.45, 2.75) is 5.16 Å². The molecule has 0 saturated heterocycles. The van der Waals surface area contributed by atoms with Crippen LogP contribution < -0.4 is 5.43 Å². The van der Waals surface area contributed by atoms with Crippen LogP contribution in [0, 0.1) is 0 Å². The largest absolute Gasteiger partial charge is 0.508 e. The molecular weight excluding hydrogens is 446 g/mol. The Balaban J connectivity index is 1.49. The molecule has 0 bridgehead atoms. The fourth-order valence-corrected chi connectivity index (χ4v) is 3.73. The average molecular weight is 464 g/mol. The molecule has 7 nitrogen and oxygen atoms in total. The van der Waals surface area contributed by atoms with E-state index in [2.05, 4.69) is 20.7 Å². The van der Waals surface area contributed by atoms with Crippen molar-refractivity contribution in [3.8, 4) is 22.8 Å². The van der Waals surface area contributed by atoms with Crippen molar-refractivity contribution in [3.63, 3.8) is 0 Å². The van der Waals surface area contributed by atoms with E-state index in [0.29, 0.717) is 16.0 Å². The minimum absolute atomic E-state index is 0.110. The van der Waals surface area contributed by atoms with Gasteiger partial charge in [0.1, 0.15) is 5.75 Å². The summed E-state index contributed by atoms with van der Waals surface area (Å²) in [6, 6.07) is 23.5. The Bertz CT molecular complexity index is 1230. The van der Waals surface area contributed by atoms with E-state index in [1.807, 2.05) is 47.0 Å². The highest BCUT2D eigenvalue weighted by molar-refractivity contribution is 7.99. The first-order chi connectivity index (χ1) is 15.6. The summed E-state index contributed by atoms with van der Waals surface area (Å²) in [6.45, 7) is 0. The third-order valence-corrected chi connectivity index (χ3v) is 5.56. The first-order valence-electron chi connectivity index (χ1n) is 9.60. The van der Waals surface area contributed by atoms with Gasteiger partial charge in [0, 0.05) is 16.3 Å². The highest BCUT2D eigenvalue weighted by Crippen LogP contribution is 2.28. The number of thioether (sulfide) groups is 1. The van der Waals surface area contributed by atoms with Gasteiger partial charge in [0.2, 0.25) is 0 Å². The number of phenolic OH excluding ortho intramolecular Hbond substituents is 1. The lowest BCUT2D eigenvalue weighted by molar-refractivity contribution is -0.118. The predicted molar refractivity (Wildman–Crippen MR) is 126 cm³/mol. The molecule has 3 aromatic carbocycles. The molecule has 0 saturated carbocycles. The second kappa shape index (κ2) is 10.1. The molecule has 1 amide bonds. The van der Waals surface area contributed by atoms with Gasteiger partial charge < -0.3 is 5.11 Å². The number of aromatic nitrogens is 3. The van der Waals surface area contributed by atoms with Gasteiger partial charge in [-0.05, 0) is 66.2 Å². The number of rotatable bonds is 7. The van der Waals surface area contributed by atoms with Crippen molar-refractivity contribution < 1.29 is 9.90 Å². The fourth-order valence-electron chi connectivity index (χ4n) is 2.86. The first-order valence-corrected chi connectivity index (χ1v) is 11.0. The van der Waals surface area contributed by atoms with E-state index in [9.17, 15) is 9.90 Å². The zero-order chi connectivity index (χ0) is 22.3. The van der Waals surface area contributed by atoms with Crippen LogP contribution >= 0.6 is 23.4 Å². The second-order valence-electron chi connectivity index (χ2n) is 6.66. The van der Waals surface area contributed by atoms with Crippen molar-refractivity contribution in [2.24, 2.45) is 5.10 Å². The second-order valence-corrected chi connectivity index (χ2v) is 8.04. The lowest BCUT2D eigenvalue weighted by Gasteiger charge is -2.10. The Hall–Kier alpha value is -3.62. The van der Waals surface area contributed by atoms with Crippen molar-refractivity contribution in [3.05, 3.63) is 89.4 Å². The number of hydrogen-bond donors (Lipinski definition) is 2. The number of amides is 1. The molecule has 2 N–H and O–H groups in total. The number of benzene rings is 3. The van der Waals surface area contributed by atoms with Crippen LogP contribution in [0.15, 0.2) is 89.1 Å². The maximum Gasteiger partial charge on any atom is 0.250 e. The molecule has 9 heteroatoms. The van der Waals surface area contributed by atoms with Gasteiger partial charge in [0.05, 0.1) is 12.0 Å². The van der Waals surface area contributed by atoms with Gasteiger partial charge in [0.25, 0.3) is 5.91 Å². The number of para-hydroxylation sites is 1. The summed E-state index contributed by atoms with van der Waals surface area (Å²) in [4.78, 5) is 12.3. The highest BCUT2D eigenvalue weighted by Gasteiger charge is 2.17. The van der Waals surface area contributed by atoms with Gasteiger partial charge in [-0.3, -0.25) is 9.36 Å². The van der Waals surface area contributed by atoms with Crippen molar-refractivity contribution in [2.75, 3.05) is 5.75 Å². The molecule has 1 aromatic heterocycles. The Labute approximate surface area is 193 Å². The Morgan fingerprint density at radius 1 is 1.03 bits per heavy atom. The summed E-state index contributed by atoms with van der Waals surface area (Å²) in [7, 11) is 0. The molecule has 0 aliphatic heterocycles. The monoisotopic (exact) mass is 463 g/mol. The summed E-state index contributed by atoms with van der Waals surface area (Å²) in [5, 5.41) is 23.1. The molecule has 160 valence electrons. The normalized spacial score (nSPS) is 11.0. The minimum atomic E-state index is -0.277. The Morgan fingerprint density at radius 3 is 2.47 bits per heavy atom. The van der Waals surface area contributed by atoms with Gasteiger partial charge in [-0.15, -0.1) is 10.2 Å². The van der Waals surface area contributed by atoms with Crippen LogP contribution in [0.25, 0.3) is 17.1 Å². The third kappa shape index (κ3) is 5.35. The van der Waals surface area contributed by atoms with E-state index in [4.69, 9.17) is 11.6 Å². The van der Waals surface area contributed by atoms with E-state index in [1.54, 1.807) is 36.4 Å². The van der Waals surface area contributed by atoms with E-state index >= 15 is 0 Å². The summed E-state index contributed by atoms with van der Waals surface area (Å²) in [5.41, 5.74) is 5.00. The lowest BCUT2D eigenvalue weighted by atomic mass is 10.2. The van der Waals surface area contributed by atoms with Crippen LogP contribution in [0.2, 0.25) is 5.02 Å². The highest BCUT2D eigenvalue weighted by atomic mass is 35.5. The molecule has 0 fully saturated rings. The molecule has 4 rings (SSSR count). The predicted octanol–water partition coefficient (Wildman–Crippen LogP) is 4.54. The van der Waals surface area contributed by atoms with Crippen LogP contribution in [0.3, 0.4) is 0 Å². The zero-order valence-electron chi connectivity index (χ0n) is 16.7. The van der Waals surface area contributed by atoms with Gasteiger partial charge in [-0.2, -0.15) is 5.10 Å². The van der Waals surface area contributed by atoms with Crippen LogP contribution in [0.1, 0.15) is 5.56 Å². The lowest BCUT2D eigenvalue weighted by Crippen LogP contribution is -2.20. The molecule has 1 heterocycles. The smallest absolute Gasteiger partial charge is 0.250 e. The van der Waals surface area contributed by atoms with Gasteiger partial charge in [-0.25, -0.2) is 5.43 Å². The average Bonchev–Trinajstić information content (AvgIpc) is 3.24. The van der Waals surface area contributed by atoms with E-state index in [1.165, 1.54) is 18.0 Å². The third-order valence-electron chi connectivity index (χ3n) is 4.38. The molecule has 0 atom stereocenters. The summed E-state index contributed by atoms with van der Waals surface area (Å²) in [5.74, 6) is 0.656. The molecular formula is C23H18ClN5O2S. The van der Waals surface area contributed by atoms with Crippen LogP contribution in [0.5, 0.6) is 5.75 Å². The van der Waals surface area contributed by atoms with Crippen LogP contribution in [0.4, 0.5) is 0 Å². The van der Waals surface area contributed by atoms with Gasteiger partial charge in [0.15, 0.2) is 11.0 Å². The maximum absolute atomic E-state index is 12.3. The number of carbonyl (C=O) groups is 1. The molecule has 0 aliphatic carbocycles. The molecule has 4 aromatic rings.